The summed E-state index contributed by atoms with van der Waals surface area (Å²) in [6.07, 6.45) is 7.14. The number of benzene rings is 1. The van der Waals surface area contributed by atoms with Gasteiger partial charge in [-0.15, -0.1) is 24.0 Å². The van der Waals surface area contributed by atoms with Crippen molar-refractivity contribution >= 4 is 29.9 Å². The van der Waals surface area contributed by atoms with Gasteiger partial charge in [0.25, 0.3) is 0 Å². The first kappa shape index (κ1) is 25.4. The highest BCUT2D eigenvalue weighted by atomic mass is 127. The predicted octanol–water partition coefficient (Wildman–Crippen LogP) is 4.31. The Hall–Kier alpha value is -1.61. The maximum absolute atomic E-state index is 5.91. The molecule has 0 saturated carbocycles. The van der Waals surface area contributed by atoms with Gasteiger partial charge >= 0.3 is 0 Å². The Morgan fingerprint density at radius 1 is 1.17 bits per heavy atom. The average molecular weight is 513 g/mol. The van der Waals surface area contributed by atoms with Gasteiger partial charge in [-0.05, 0) is 45.6 Å². The number of nitrogens with one attached hydrogen (secondary N) is 2. The zero-order chi connectivity index (χ0) is 20.0. The molecule has 1 aromatic heterocycles. The van der Waals surface area contributed by atoms with E-state index in [9.17, 15) is 0 Å². The Morgan fingerprint density at radius 3 is 2.66 bits per heavy atom. The minimum absolute atomic E-state index is 0. The fourth-order valence-electron chi connectivity index (χ4n) is 2.93. The second kappa shape index (κ2) is 15.3. The van der Waals surface area contributed by atoms with E-state index in [2.05, 4.69) is 51.2 Å². The van der Waals surface area contributed by atoms with E-state index in [1.54, 1.807) is 0 Å². The topological polar surface area (TPSA) is 63.5 Å². The molecule has 2 aromatic rings. The number of guanidine groups is 1. The molecule has 0 aliphatic carbocycles. The molecule has 7 heteroatoms. The number of aliphatic imine (C=N–C) groups is 1. The Kier molecular flexibility index (Phi) is 13.4. The number of unbranched alkanes of at least 4 members (excludes halogenated alkanes) is 1. The number of nitrogens with zero attached hydrogens (tertiary/aromatic N) is 3. The first-order valence-electron chi connectivity index (χ1n) is 10.4. The lowest BCUT2D eigenvalue weighted by molar-refractivity contribution is 0.0652. The molecule has 1 unspecified atom stereocenters. The highest BCUT2D eigenvalue weighted by Gasteiger charge is 2.04. The van der Waals surface area contributed by atoms with E-state index >= 15 is 0 Å². The average Bonchev–Trinajstić information content (AvgIpc) is 3.12. The van der Waals surface area contributed by atoms with E-state index < -0.39 is 0 Å². The number of aryl methyl sites for hydroxylation is 2. The molecule has 0 aliphatic rings. The number of halogens is 1. The molecule has 6 nitrogen and oxygen atoms in total. The number of hydrogen-bond acceptors (Lipinski definition) is 3. The Morgan fingerprint density at radius 2 is 1.97 bits per heavy atom. The molecule has 29 heavy (non-hydrogen) atoms. The second-order valence-electron chi connectivity index (χ2n) is 6.84. The van der Waals surface area contributed by atoms with Crippen LogP contribution in [0.2, 0.25) is 0 Å². The third-order valence-corrected chi connectivity index (χ3v) is 4.60. The van der Waals surface area contributed by atoms with Crippen molar-refractivity contribution in [2.45, 2.75) is 52.7 Å². The van der Waals surface area contributed by atoms with Crippen molar-refractivity contribution in [1.82, 2.24) is 20.2 Å². The molecule has 0 amide bonds. The summed E-state index contributed by atoms with van der Waals surface area (Å²) in [7, 11) is 0. The zero-order valence-electron chi connectivity index (χ0n) is 17.9. The number of rotatable bonds is 12. The van der Waals surface area contributed by atoms with Gasteiger partial charge in [0, 0.05) is 45.2 Å². The molecule has 2 rings (SSSR count). The molecule has 162 valence electrons. The minimum atomic E-state index is 0. The van der Waals surface area contributed by atoms with Crippen LogP contribution in [0, 0.1) is 6.92 Å². The van der Waals surface area contributed by atoms with E-state index in [0.717, 1.165) is 57.2 Å². The van der Waals surface area contributed by atoms with Crippen molar-refractivity contribution in [2.24, 2.45) is 4.99 Å². The van der Waals surface area contributed by atoms with Crippen LogP contribution in [0.1, 0.15) is 50.6 Å². The minimum Gasteiger partial charge on any atom is -0.374 e. The van der Waals surface area contributed by atoms with Crippen LogP contribution in [0.5, 0.6) is 0 Å². The lowest BCUT2D eigenvalue weighted by Gasteiger charge is -2.13. The highest BCUT2D eigenvalue weighted by molar-refractivity contribution is 14.0. The summed E-state index contributed by atoms with van der Waals surface area (Å²) in [6.45, 7) is 10.5. The van der Waals surface area contributed by atoms with Crippen molar-refractivity contribution in [3.8, 4) is 0 Å². The summed E-state index contributed by atoms with van der Waals surface area (Å²) in [6, 6.07) is 10.3. The number of imidazole rings is 1. The van der Waals surface area contributed by atoms with Crippen LogP contribution >= 0.6 is 24.0 Å². The van der Waals surface area contributed by atoms with Gasteiger partial charge in [0.1, 0.15) is 5.82 Å². The quantitative estimate of drug-likeness (QED) is 0.192. The molecule has 0 spiro atoms. The van der Waals surface area contributed by atoms with Crippen molar-refractivity contribution in [3.63, 3.8) is 0 Å². The standard InChI is InChI=1S/C22H35N5O.HI/c1-4-23-22(25-13-8-9-16-27-17-15-24-20(27)3)26-14-10-18-28-19(2)21-11-6-5-7-12-21;/h5-7,11-12,15,17,19H,4,8-10,13-14,16,18H2,1-3H3,(H2,23,25,26);1H. The molecule has 1 aromatic carbocycles. The Bertz CT molecular complexity index is 690. The first-order valence-corrected chi connectivity index (χ1v) is 10.4. The SMILES string of the molecule is CCNC(=NCCCOC(C)c1ccccc1)NCCCCn1ccnc1C.I. The monoisotopic (exact) mass is 513 g/mol. The van der Waals surface area contributed by atoms with Crippen molar-refractivity contribution in [2.75, 3.05) is 26.2 Å². The molecule has 0 aliphatic heterocycles. The number of ether oxygens (including phenoxy) is 1. The molecular weight excluding hydrogens is 477 g/mol. The van der Waals surface area contributed by atoms with Gasteiger partial charge in [-0.1, -0.05) is 30.3 Å². The maximum Gasteiger partial charge on any atom is 0.191 e. The molecule has 0 fully saturated rings. The van der Waals surface area contributed by atoms with Gasteiger partial charge < -0.3 is 19.9 Å². The van der Waals surface area contributed by atoms with Crippen molar-refractivity contribution < 1.29 is 4.74 Å². The summed E-state index contributed by atoms with van der Waals surface area (Å²) in [5, 5.41) is 6.72. The van der Waals surface area contributed by atoms with Crippen LogP contribution in [0.4, 0.5) is 0 Å². The van der Waals surface area contributed by atoms with Gasteiger partial charge in [0.2, 0.25) is 0 Å². The van der Waals surface area contributed by atoms with Crippen molar-refractivity contribution in [3.05, 3.63) is 54.1 Å². The van der Waals surface area contributed by atoms with Gasteiger partial charge in [0.15, 0.2) is 5.96 Å². The summed E-state index contributed by atoms with van der Waals surface area (Å²) in [5.41, 5.74) is 1.21. The Labute approximate surface area is 192 Å². The van der Waals surface area contributed by atoms with Crippen LogP contribution < -0.4 is 10.6 Å². The number of aromatic nitrogens is 2. The normalized spacial score (nSPS) is 12.3. The maximum atomic E-state index is 5.91. The smallest absolute Gasteiger partial charge is 0.191 e. The van der Waals surface area contributed by atoms with Crippen LogP contribution in [0.3, 0.4) is 0 Å². The summed E-state index contributed by atoms with van der Waals surface area (Å²) in [5.74, 6) is 1.96. The molecule has 1 atom stereocenters. The first-order chi connectivity index (χ1) is 13.7. The van der Waals surface area contributed by atoms with Gasteiger partial charge in [-0.25, -0.2) is 4.98 Å². The van der Waals surface area contributed by atoms with Crippen LogP contribution in [0.25, 0.3) is 0 Å². The molecule has 1 heterocycles. The van der Waals surface area contributed by atoms with Crippen LogP contribution in [-0.4, -0.2) is 41.8 Å². The predicted molar refractivity (Wildman–Crippen MR) is 131 cm³/mol. The van der Waals surface area contributed by atoms with E-state index in [1.807, 2.05) is 37.5 Å². The molecule has 0 saturated heterocycles. The van der Waals surface area contributed by atoms with Crippen LogP contribution in [0.15, 0.2) is 47.7 Å². The largest absolute Gasteiger partial charge is 0.374 e. The fraction of sp³-hybridized carbons (Fsp3) is 0.545. The third kappa shape index (κ3) is 10.1. The van der Waals surface area contributed by atoms with Gasteiger partial charge in [-0.3, -0.25) is 4.99 Å². The lowest BCUT2D eigenvalue weighted by Crippen LogP contribution is -2.38. The van der Waals surface area contributed by atoms with E-state index in [0.29, 0.717) is 6.61 Å². The van der Waals surface area contributed by atoms with E-state index in [4.69, 9.17) is 4.74 Å². The molecular formula is C22H36IN5O. The molecule has 0 bridgehead atoms. The zero-order valence-corrected chi connectivity index (χ0v) is 20.3. The highest BCUT2D eigenvalue weighted by Crippen LogP contribution is 2.15. The summed E-state index contributed by atoms with van der Waals surface area (Å²) < 4.78 is 8.10. The molecule has 0 radical (unpaired) electrons. The summed E-state index contributed by atoms with van der Waals surface area (Å²) in [4.78, 5) is 8.90. The van der Waals surface area contributed by atoms with E-state index in [-0.39, 0.29) is 30.1 Å². The third-order valence-electron chi connectivity index (χ3n) is 4.60. The van der Waals surface area contributed by atoms with E-state index in [1.165, 1.54) is 5.56 Å². The summed E-state index contributed by atoms with van der Waals surface area (Å²) >= 11 is 0. The van der Waals surface area contributed by atoms with Crippen molar-refractivity contribution in [1.29, 1.82) is 0 Å². The lowest BCUT2D eigenvalue weighted by atomic mass is 10.1. The second-order valence-corrected chi connectivity index (χ2v) is 6.84. The fourth-order valence-corrected chi connectivity index (χ4v) is 2.93. The van der Waals surface area contributed by atoms with Gasteiger partial charge in [0.05, 0.1) is 6.10 Å². The molecule has 2 N–H and O–H groups in total. The number of hydrogen-bond donors (Lipinski definition) is 2. The van der Waals surface area contributed by atoms with Gasteiger partial charge in [-0.2, -0.15) is 0 Å². The Balaban J connectivity index is 0.00000420. The van der Waals surface area contributed by atoms with Crippen LogP contribution in [-0.2, 0) is 11.3 Å².